The summed E-state index contributed by atoms with van der Waals surface area (Å²) in [5.74, 6) is -0.894. The van der Waals surface area contributed by atoms with Gasteiger partial charge in [-0.2, -0.15) is 0 Å². The molecule has 0 spiro atoms. The summed E-state index contributed by atoms with van der Waals surface area (Å²) in [6.45, 7) is 6.50. The molecular weight excluding hydrogens is 612 g/mol. The van der Waals surface area contributed by atoms with Gasteiger partial charge in [-0.25, -0.2) is 0 Å². The van der Waals surface area contributed by atoms with E-state index in [-0.39, 0.29) is 31.1 Å². The number of carbonyl (C=O) groups is 3. The predicted molar refractivity (Wildman–Crippen MR) is 206 cm³/mol. The minimum atomic E-state index is -0.766. The molecule has 286 valence electrons. The number of ether oxygens (including phenoxy) is 3. The monoisotopic (exact) mass is 691 g/mol. The number of carbonyl (C=O) groups excluding carboxylic acids is 3. The second-order valence-electron chi connectivity index (χ2n) is 13.9. The Morgan fingerprint density at radius 1 is 0.408 bits per heavy atom. The lowest BCUT2D eigenvalue weighted by Gasteiger charge is -2.18. The van der Waals surface area contributed by atoms with Crippen LogP contribution in [-0.4, -0.2) is 37.2 Å². The first-order valence-electron chi connectivity index (χ1n) is 20.8. The van der Waals surface area contributed by atoms with Crippen LogP contribution in [0.3, 0.4) is 0 Å². The topological polar surface area (TPSA) is 78.9 Å². The Morgan fingerprint density at radius 3 is 1.20 bits per heavy atom. The van der Waals surface area contributed by atoms with E-state index in [1.54, 1.807) is 0 Å². The van der Waals surface area contributed by atoms with Crippen LogP contribution >= 0.6 is 0 Å². The Balaban J connectivity index is 4.35. The number of unbranched alkanes of at least 4 members (excludes halogenated alkanes) is 22. The molecule has 1 unspecified atom stereocenters. The molecule has 0 aromatic carbocycles. The van der Waals surface area contributed by atoms with Crippen molar-refractivity contribution in [1.82, 2.24) is 0 Å². The van der Waals surface area contributed by atoms with Gasteiger partial charge in [-0.05, 0) is 44.9 Å². The molecule has 0 saturated carbocycles. The molecule has 0 bridgehead atoms. The van der Waals surface area contributed by atoms with Crippen molar-refractivity contribution in [3.05, 3.63) is 24.3 Å². The molecule has 0 heterocycles. The number of hydrogen-bond donors (Lipinski definition) is 0. The standard InChI is InChI=1S/C43H78O6/c1-4-7-10-13-16-19-21-22-23-25-27-30-33-36-42(45)48-39-40(38-47-41(44)35-32-29-26-18-15-12-9-6-3)49-43(46)37-34-31-28-24-20-17-14-11-8-5-2/h10,13,19,21,40H,4-9,11-12,14-18,20,22-39H2,1-3H3/b13-10-,21-19-. The molecule has 6 heteroatoms. The Morgan fingerprint density at radius 2 is 0.776 bits per heavy atom. The van der Waals surface area contributed by atoms with Crippen LogP contribution < -0.4 is 0 Å². The van der Waals surface area contributed by atoms with Crippen molar-refractivity contribution in [1.29, 1.82) is 0 Å². The van der Waals surface area contributed by atoms with E-state index in [2.05, 4.69) is 45.1 Å². The highest BCUT2D eigenvalue weighted by molar-refractivity contribution is 5.71. The minimum absolute atomic E-state index is 0.0730. The van der Waals surface area contributed by atoms with Gasteiger partial charge in [-0.15, -0.1) is 0 Å². The molecule has 0 N–H and O–H groups in total. The molecule has 0 aliphatic rings. The summed E-state index contributed by atoms with van der Waals surface area (Å²) in [5.41, 5.74) is 0. The largest absolute Gasteiger partial charge is 0.462 e. The second kappa shape index (κ2) is 38.7. The summed E-state index contributed by atoms with van der Waals surface area (Å²) in [6.07, 6.45) is 40.2. The SMILES string of the molecule is CCC/C=C\C/C=C\CCCCCCCC(=O)OCC(COC(=O)CCCCCCCCCC)OC(=O)CCCCCCCCCCCC. The van der Waals surface area contributed by atoms with Crippen LogP contribution in [0.1, 0.15) is 213 Å². The molecule has 0 saturated heterocycles. The van der Waals surface area contributed by atoms with E-state index in [1.165, 1.54) is 89.9 Å². The number of esters is 3. The van der Waals surface area contributed by atoms with Crippen molar-refractivity contribution in [3.8, 4) is 0 Å². The van der Waals surface area contributed by atoms with Crippen LogP contribution in [0.5, 0.6) is 0 Å². The zero-order chi connectivity index (χ0) is 35.9. The number of hydrogen-bond acceptors (Lipinski definition) is 6. The van der Waals surface area contributed by atoms with Crippen LogP contribution in [0.15, 0.2) is 24.3 Å². The lowest BCUT2D eigenvalue weighted by atomic mass is 10.1. The molecule has 0 aromatic heterocycles. The average Bonchev–Trinajstić information content (AvgIpc) is 3.10. The maximum atomic E-state index is 12.6. The third-order valence-corrected chi connectivity index (χ3v) is 8.94. The van der Waals surface area contributed by atoms with Crippen molar-refractivity contribution < 1.29 is 28.6 Å². The molecule has 0 rings (SSSR count). The van der Waals surface area contributed by atoms with Gasteiger partial charge < -0.3 is 14.2 Å². The van der Waals surface area contributed by atoms with Gasteiger partial charge in [0.25, 0.3) is 0 Å². The van der Waals surface area contributed by atoms with Crippen LogP contribution in [-0.2, 0) is 28.6 Å². The van der Waals surface area contributed by atoms with E-state index >= 15 is 0 Å². The van der Waals surface area contributed by atoms with E-state index in [4.69, 9.17) is 14.2 Å². The van der Waals surface area contributed by atoms with Crippen LogP contribution in [0.25, 0.3) is 0 Å². The van der Waals surface area contributed by atoms with E-state index in [0.29, 0.717) is 19.3 Å². The van der Waals surface area contributed by atoms with Gasteiger partial charge in [-0.3, -0.25) is 14.4 Å². The fourth-order valence-electron chi connectivity index (χ4n) is 5.77. The van der Waals surface area contributed by atoms with Crippen molar-refractivity contribution in [2.45, 2.75) is 219 Å². The molecule has 6 nitrogen and oxygen atoms in total. The summed E-state index contributed by atoms with van der Waals surface area (Å²) in [6, 6.07) is 0. The van der Waals surface area contributed by atoms with Crippen molar-refractivity contribution in [3.63, 3.8) is 0 Å². The zero-order valence-electron chi connectivity index (χ0n) is 32.5. The van der Waals surface area contributed by atoms with Crippen molar-refractivity contribution >= 4 is 17.9 Å². The van der Waals surface area contributed by atoms with Gasteiger partial charge in [0.05, 0.1) is 0 Å². The first-order valence-corrected chi connectivity index (χ1v) is 20.8. The summed E-state index contributed by atoms with van der Waals surface area (Å²) < 4.78 is 16.6. The van der Waals surface area contributed by atoms with E-state index in [1.807, 2.05) is 0 Å². The maximum absolute atomic E-state index is 12.6. The molecular formula is C43H78O6. The van der Waals surface area contributed by atoms with Gasteiger partial charge in [0.1, 0.15) is 13.2 Å². The third kappa shape index (κ3) is 37.0. The summed E-state index contributed by atoms with van der Waals surface area (Å²) in [5, 5.41) is 0. The first kappa shape index (κ1) is 46.9. The van der Waals surface area contributed by atoms with Gasteiger partial charge in [0.15, 0.2) is 6.10 Å². The molecule has 1 atom stereocenters. The van der Waals surface area contributed by atoms with Gasteiger partial charge >= 0.3 is 17.9 Å². The van der Waals surface area contributed by atoms with E-state index < -0.39 is 6.10 Å². The van der Waals surface area contributed by atoms with Gasteiger partial charge in [0, 0.05) is 19.3 Å². The lowest BCUT2D eigenvalue weighted by molar-refractivity contribution is -0.167. The lowest BCUT2D eigenvalue weighted by Crippen LogP contribution is -2.30. The molecule has 0 aliphatic carbocycles. The Kier molecular flexibility index (Phi) is 37.0. The number of rotatable bonds is 37. The fourth-order valence-corrected chi connectivity index (χ4v) is 5.77. The first-order chi connectivity index (χ1) is 24.0. The smallest absolute Gasteiger partial charge is 0.306 e. The molecule has 49 heavy (non-hydrogen) atoms. The molecule has 0 radical (unpaired) electrons. The Hall–Kier alpha value is -2.11. The highest BCUT2D eigenvalue weighted by Gasteiger charge is 2.19. The van der Waals surface area contributed by atoms with Crippen LogP contribution in [0.4, 0.5) is 0 Å². The third-order valence-electron chi connectivity index (χ3n) is 8.94. The molecule has 0 aromatic rings. The normalized spacial score (nSPS) is 12.1. The zero-order valence-corrected chi connectivity index (χ0v) is 32.5. The number of allylic oxidation sites excluding steroid dienone is 4. The van der Waals surface area contributed by atoms with Crippen LogP contribution in [0.2, 0.25) is 0 Å². The highest BCUT2D eigenvalue weighted by atomic mass is 16.6. The van der Waals surface area contributed by atoms with Crippen LogP contribution in [0, 0.1) is 0 Å². The van der Waals surface area contributed by atoms with Gasteiger partial charge in [-0.1, -0.05) is 173 Å². The summed E-state index contributed by atoms with van der Waals surface area (Å²) in [4.78, 5) is 37.4. The second-order valence-corrected chi connectivity index (χ2v) is 13.9. The maximum Gasteiger partial charge on any atom is 0.306 e. The van der Waals surface area contributed by atoms with E-state index in [0.717, 1.165) is 83.5 Å². The Labute approximate surface area is 303 Å². The molecule has 0 fully saturated rings. The van der Waals surface area contributed by atoms with Crippen molar-refractivity contribution in [2.24, 2.45) is 0 Å². The van der Waals surface area contributed by atoms with Crippen molar-refractivity contribution in [2.75, 3.05) is 13.2 Å². The molecule has 0 aliphatic heterocycles. The minimum Gasteiger partial charge on any atom is -0.462 e. The predicted octanol–water partition coefficient (Wildman–Crippen LogP) is 12.9. The summed E-state index contributed by atoms with van der Waals surface area (Å²) in [7, 11) is 0. The molecule has 0 amide bonds. The fraction of sp³-hybridized carbons (Fsp3) is 0.837. The quantitative estimate of drug-likeness (QED) is 0.0279. The Bertz CT molecular complexity index is 804. The average molecular weight is 691 g/mol. The summed E-state index contributed by atoms with van der Waals surface area (Å²) >= 11 is 0. The van der Waals surface area contributed by atoms with Gasteiger partial charge in [0.2, 0.25) is 0 Å². The van der Waals surface area contributed by atoms with E-state index in [9.17, 15) is 14.4 Å². The highest BCUT2D eigenvalue weighted by Crippen LogP contribution is 2.14.